The highest BCUT2D eigenvalue weighted by molar-refractivity contribution is 5.37. The number of aromatic nitrogens is 1. The smallest absolute Gasteiger partial charge is 0.137 e. The molecule has 0 radical (unpaired) electrons. The molecule has 0 bridgehead atoms. The van der Waals surface area contributed by atoms with Crippen molar-refractivity contribution in [1.29, 1.82) is 0 Å². The minimum Gasteiger partial charge on any atom is -0.495 e. The van der Waals surface area contributed by atoms with Crippen molar-refractivity contribution >= 4 is 5.82 Å². The number of hydrogen-bond donors (Lipinski definition) is 1. The van der Waals surface area contributed by atoms with Crippen molar-refractivity contribution in [3.05, 3.63) is 18.3 Å². The highest BCUT2D eigenvalue weighted by atomic mass is 16.5. The Balaban J connectivity index is 2.45. The maximum atomic E-state index is 5.11. The molecule has 3 nitrogen and oxygen atoms in total. The molecule has 0 amide bonds. The predicted molar refractivity (Wildman–Crippen MR) is 52.7 cm³/mol. The quantitative estimate of drug-likeness (QED) is 0.558. The van der Waals surface area contributed by atoms with Gasteiger partial charge >= 0.3 is 0 Å². The Morgan fingerprint density at radius 3 is 3.00 bits per heavy atom. The Morgan fingerprint density at radius 2 is 2.46 bits per heavy atom. The molecule has 0 aliphatic heterocycles. The summed E-state index contributed by atoms with van der Waals surface area (Å²) in [6.45, 7) is 0.746. The average molecular weight is 176 g/mol. The lowest BCUT2D eigenvalue weighted by molar-refractivity contribution is 0.413. The van der Waals surface area contributed by atoms with Gasteiger partial charge in [-0.25, -0.2) is 4.98 Å². The van der Waals surface area contributed by atoms with Gasteiger partial charge in [0.15, 0.2) is 0 Å². The van der Waals surface area contributed by atoms with Crippen LogP contribution in [0.25, 0.3) is 0 Å². The lowest BCUT2D eigenvalue weighted by Crippen LogP contribution is -2.01. The van der Waals surface area contributed by atoms with Gasteiger partial charge in [0.05, 0.1) is 13.3 Å². The second kappa shape index (κ2) is 5.04. The van der Waals surface area contributed by atoms with E-state index in [0.29, 0.717) is 6.42 Å². The zero-order valence-corrected chi connectivity index (χ0v) is 7.58. The van der Waals surface area contributed by atoms with Crippen molar-refractivity contribution in [2.75, 3.05) is 19.0 Å². The van der Waals surface area contributed by atoms with E-state index in [1.807, 2.05) is 12.1 Å². The summed E-state index contributed by atoms with van der Waals surface area (Å²) in [5.41, 5.74) is 0. The Hall–Kier alpha value is -1.69. The van der Waals surface area contributed by atoms with Crippen molar-refractivity contribution in [1.82, 2.24) is 4.98 Å². The normalized spacial score (nSPS) is 8.92. The maximum absolute atomic E-state index is 5.11. The van der Waals surface area contributed by atoms with Gasteiger partial charge in [-0.1, -0.05) is 0 Å². The lowest BCUT2D eigenvalue weighted by Gasteiger charge is -2.03. The van der Waals surface area contributed by atoms with Crippen LogP contribution in [0.4, 0.5) is 5.82 Å². The van der Waals surface area contributed by atoms with Crippen LogP contribution in [0.2, 0.25) is 0 Å². The molecule has 0 aromatic carbocycles. The van der Waals surface area contributed by atoms with E-state index in [1.54, 1.807) is 13.3 Å². The minimum atomic E-state index is 0.702. The van der Waals surface area contributed by atoms with Crippen molar-refractivity contribution in [3.8, 4) is 18.1 Å². The van der Waals surface area contributed by atoms with Crippen molar-refractivity contribution in [2.45, 2.75) is 6.42 Å². The minimum absolute atomic E-state index is 0.702. The molecule has 0 spiro atoms. The fourth-order valence-electron chi connectivity index (χ4n) is 0.868. The van der Waals surface area contributed by atoms with Crippen LogP contribution in [-0.2, 0) is 0 Å². The van der Waals surface area contributed by atoms with Crippen LogP contribution in [0.3, 0.4) is 0 Å². The predicted octanol–water partition coefficient (Wildman–Crippen LogP) is 1.53. The summed E-state index contributed by atoms with van der Waals surface area (Å²) in [6.07, 6.45) is 7.47. The third-order valence-corrected chi connectivity index (χ3v) is 1.55. The third-order valence-electron chi connectivity index (χ3n) is 1.55. The van der Waals surface area contributed by atoms with Gasteiger partial charge in [0, 0.05) is 13.0 Å². The Bertz CT molecular complexity index is 287. The molecule has 1 rings (SSSR count). The number of nitrogens with zero attached hydrogens (tertiary/aromatic N) is 1. The zero-order chi connectivity index (χ0) is 9.52. The average Bonchev–Trinajstić information content (AvgIpc) is 2.19. The first-order chi connectivity index (χ1) is 6.36. The summed E-state index contributed by atoms with van der Waals surface area (Å²) in [4.78, 5) is 4.12. The second-order valence-corrected chi connectivity index (χ2v) is 2.46. The van der Waals surface area contributed by atoms with Gasteiger partial charge in [-0.3, -0.25) is 0 Å². The summed E-state index contributed by atoms with van der Waals surface area (Å²) in [7, 11) is 1.61. The van der Waals surface area contributed by atoms with Crippen LogP contribution in [0.1, 0.15) is 6.42 Å². The number of methoxy groups -OCH3 is 1. The molecule has 0 fully saturated rings. The first kappa shape index (κ1) is 9.40. The summed E-state index contributed by atoms with van der Waals surface area (Å²) < 4.78 is 4.97. The number of terminal acetylenes is 1. The standard InChI is InChI=1S/C10H12N2O/c1-3-4-7-11-10-6-5-9(13-2)8-12-10/h1,5-6,8H,4,7H2,2H3,(H,11,12). The molecule has 0 aliphatic rings. The van der Waals surface area contributed by atoms with Gasteiger partial charge in [0.25, 0.3) is 0 Å². The molecular weight excluding hydrogens is 164 g/mol. The number of nitrogens with one attached hydrogen (secondary N) is 1. The van der Waals surface area contributed by atoms with E-state index < -0.39 is 0 Å². The van der Waals surface area contributed by atoms with Crippen LogP contribution in [0.5, 0.6) is 5.75 Å². The summed E-state index contributed by atoms with van der Waals surface area (Å²) in [6, 6.07) is 3.71. The molecule has 0 aliphatic carbocycles. The van der Waals surface area contributed by atoms with E-state index in [2.05, 4.69) is 16.2 Å². The van der Waals surface area contributed by atoms with Crippen LogP contribution in [-0.4, -0.2) is 18.6 Å². The molecule has 1 heterocycles. The van der Waals surface area contributed by atoms with Gasteiger partial charge in [0.1, 0.15) is 11.6 Å². The fourth-order valence-corrected chi connectivity index (χ4v) is 0.868. The lowest BCUT2D eigenvalue weighted by atomic mass is 10.4. The van der Waals surface area contributed by atoms with Gasteiger partial charge in [0.2, 0.25) is 0 Å². The van der Waals surface area contributed by atoms with E-state index in [-0.39, 0.29) is 0 Å². The van der Waals surface area contributed by atoms with Gasteiger partial charge in [-0.2, -0.15) is 0 Å². The first-order valence-electron chi connectivity index (χ1n) is 4.04. The highest BCUT2D eigenvalue weighted by Crippen LogP contribution is 2.10. The number of ether oxygens (including phenoxy) is 1. The molecule has 1 N–H and O–H groups in total. The Morgan fingerprint density at radius 1 is 1.62 bits per heavy atom. The zero-order valence-electron chi connectivity index (χ0n) is 7.58. The van der Waals surface area contributed by atoms with E-state index in [1.165, 1.54) is 0 Å². The van der Waals surface area contributed by atoms with Crippen molar-refractivity contribution in [3.63, 3.8) is 0 Å². The molecule has 1 aromatic heterocycles. The van der Waals surface area contributed by atoms with E-state index in [9.17, 15) is 0 Å². The molecule has 68 valence electrons. The Labute approximate surface area is 78.1 Å². The topological polar surface area (TPSA) is 34.1 Å². The first-order valence-corrected chi connectivity index (χ1v) is 4.04. The van der Waals surface area contributed by atoms with E-state index in [4.69, 9.17) is 11.2 Å². The number of hydrogen-bond acceptors (Lipinski definition) is 3. The fraction of sp³-hybridized carbons (Fsp3) is 0.300. The second-order valence-electron chi connectivity index (χ2n) is 2.46. The molecule has 1 aromatic rings. The number of rotatable bonds is 4. The van der Waals surface area contributed by atoms with Crippen LogP contribution in [0, 0.1) is 12.3 Å². The molecule has 0 saturated heterocycles. The van der Waals surface area contributed by atoms with Gasteiger partial charge in [-0.15, -0.1) is 12.3 Å². The SMILES string of the molecule is C#CCCNc1ccc(OC)cn1. The van der Waals surface area contributed by atoms with Crippen LogP contribution in [0.15, 0.2) is 18.3 Å². The Kier molecular flexibility index (Phi) is 3.65. The molecule has 0 unspecified atom stereocenters. The van der Waals surface area contributed by atoms with Gasteiger partial charge < -0.3 is 10.1 Å². The van der Waals surface area contributed by atoms with Gasteiger partial charge in [-0.05, 0) is 12.1 Å². The van der Waals surface area contributed by atoms with Crippen molar-refractivity contribution in [2.24, 2.45) is 0 Å². The summed E-state index contributed by atoms with van der Waals surface area (Å²) in [5, 5.41) is 3.09. The highest BCUT2D eigenvalue weighted by Gasteiger charge is 1.93. The number of anilines is 1. The van der Waals surface area contributed by atoms with Crippen LogP contribution >= 0.6 is 0 Å². The third kappa shape index (κ3) is 3.04. The molecule has 3 heteroatoms. The summed E-state index contributed by atoms with van der Waals surface area (Å²) >= 11 is 0. The van der Waals surface area contributed by atoms with E-state index in [0.717, 1.165) is 18.1 Å². The molecule has 0 saturated carbocycles. The molecule has 0 atom stereocenters. The number of pyridine rings is 1. The molecule has 13 heavy (non-hydrogen) atoms. The maximum Gasteiger partial charge on any atom is 0.137 e. The van der Waals surface area contributed by atoms with E-state index >= 15 is 0 Å². The van der Waals surface area contributed by atoms with Crippen molar-refractivity contribution < 1.29 is 4.74 Å². The largest absolute Gasteiger partial charge is 0.495 e. The monoisotopic (exact) mass is 176 g/mol. The van der Waals surface area contributed by atoms with Crippen LogP contribution < -0.4 is 10.1 Å². The molecular formula is C10H12N2O. The summed E-state index contributed by atoms with van der Waals surface area (Å²) in [5.74, 6) is 4.11.